The average Bonchev–Trinajstić information content (AvgIpc) is 3.48. The molecule has 0 bridgehead atoms. The Morgan fingerprint density at radius 3 is 2.53 bits per heavy atom. The fourth-order valence-corrected chi connectivity index (χ4v) is 4.45. The van der Waals surface area contributed by atoms with Crippen molar-refractivity contribution in [3.8, 4) is 0 Å². The summed E-state index contributed by atoms with van der Waals surface area (Å²) in [4.78, 5) is 19.7. The van der Waals surface area contributed by atoms with Crippen LogP contribution < -0.4 is 5.32 Å². The monoisotopic (exact) mass is 479 g/mol. The number of rotatable bonds is 6. The summed E-state index contributed by atoms with van der Waals surface area (Å²) in [5.41, 5.74) is 8.47. The van der Waals surface area contributed by atoms with Crippen LogP contribution in [0.1, 0.15) is 82.8 Å². The third kappa shape index (κ3) is 5.41. The second-order valence-electron chi connectivity index (χ2n) is 10.2. The molecule has 34 heavy (non-hydrogen) atoms. The molecule has 184 valence electrons. The van der Waals surface area contributed by atoms with E-state index >= 15 is 4.39 Å². The highest BCUT2D eigenvalue weighted by Crippen LogP contribution is 2.46. The minimum atomic E-state index is -2.76. The summed E-state index contributed by atoms with van der Waals surface area (Å²) in [6.07, 6.45) is 0.589. The van der Waals surface area contributed by atoms with Gasteiger partial charge in [0.1, 0.15) is 17.2 Å². The van der Waals surface area contributed by atoms with Crippen LogP contribution >= 0.6 is 0 Å². The second-order valence-corrected chi connectivity index (χ2v) is 10.2. The summed E-state index contributed by atoms with van der Waals surface area (Å²) in [6.45, 7) is 5.12. The molecule has 0 spiro atoms. The van der Waals surface area contributed by atoms with Crippen molar-refractivity contribution >= 4 is 17.2 Å². The number of nitrogens with one attached hydrogen (secondary N) is 1. The Morgan fingerprint density at radius 2 is 1.94 bits per heavy atom. The molecular formula is C23H28F3N5O3. The fraction of sp³-hybridized carbons (Fsp3) is 0.652. The SMILES string of the molecule is CC(C)(C)OC(=O)N[C@H](c1nc2c(F)c(C(N=[N+]=[N-])C3CC3)ccc2o1)C1CCC(F)(F)CC1. The molecule has 2 aromatic rings. The fourth-order valence-electron chi connectivity index (χ4n) is 4.45. The van der Waals surface area contributed by atoms with Crippen LogP contribution in [0.25, 0.3) is 21.5 Å². The van der Waals surface area contributed by atoms with Crippen molar-refractivity contribution < 1.29 is 27.1 Å². The molecule has 2 saturated carbocycles. The first-order valence-corrected chi connectivity index (χ1v) is 11.5. The largest absolute Gasteiger partial charge is 0.444 e. The van der Waals surface area contributed by atoms with Gasteiger partial charge in [0, 0.05) is 17.8 Å². The van der Waals surface area contributed by atoms with Gasteiger partial charge in [0.15, 0.2) is 11.4 Å². The number of carbonyl (C=O) groups excluding carboxylic acids is 1. The van der Waals surface area contributed by atoms with E-state index in [1.165, 1.54) is 6.07 Å². The summed E-state index contributed by atoms with van der Waals surface area (Å²) >= 11 is 0. The van der Waals surface area contributed by atoms with Gasteiger partial charge in [0.2, 0.25) is 11.8 Å². The smallest absolute Gasteiger partial charge is 0.408 e. The van der Waals surface area contributed by atoms with Crippen LogP contribution in [-0.4, -0.2) is 22.6 Å². The summed E-state index contributed by atoms with van der Waals surface area (Å²) < 4.78 is 54.1. The Hall–Kier alpha value is -2.94. The summed E-state index contributed by atoms with van der Waals surface area (Å²) in [6, 6.07) is 1.57. The quantitative estimate of drug-likeness (QED) is 0.270. The Morgan fingerprint density at radius 1 is 1.26 bits per heavy atom. The van der Waals surface area contributed by atoms with Gasteiger partial charge in [-0.25, -0.2) is 22.9 Å². The maximum Gasteiger partial charge on any atom is 0.408 e. The average molecular weight is 480 g/mol. The topological polar surface area (TPSA) is 113 Å². The van der Waals surface area contributed by atoms with Crippen LogP contribution in [0.2, 0.25) is 0 Å². The lowest BCUT2D eigenvalue weighted by atomic mass is 9.82. The van der Waals surface area contributed by atoms with E-state index in [0.717, 1.165) is 12.8 Å². The first kappa shape index (κ1) is 24.2. The van der Waals surface area contributed by atoms with Gasteiger partial charge in [-0.3, -0.25) is 0 Å². The molecule has 2 atom stereocenters. The number of amides is 1. The first-order valence-electron chi connectivity index (χ1n) is 11.5. The molecule has 1 aromatic carbocycles. The Bertz CT molecular complexity index is 1110. The van der Waals surface area contributed by atoms with Gasteiger partial charge in [0.25, 0.3) is 0 Å². The van der Waals surface area contributed by atoms with E-state index in [0.29, 0.717) is 0 Å². The molecule has 0 aliphatic heterocycles. The van der Waals surface area contributed by atoms with Gasteiger partial charge in [0.05, 0.1) is 6.04 Å². The molecule has 1 amide bonds. The maximum atomic E-state index is 15.4. The van der Waals surface area contributed by atoms with Crippen molar-refractivity contribution in [3.63, 3.8) is 0 Å². The predicted molar refractivity (Wildman–Crippen MR) is 118 cm³/mol. The summed E-state index contributed by atoms with van der Waals surface area (Å²) in [5, 5.41) is 6.47. The Balaban J connectivity index is 1.68. The molecule has 2 fully saturated rings. The third-order valence-electron chi connectivity index (χ3n) is 6.28. The number of ether oxygens (including phenoxy) is 1. The molecule has 4 rings (SSSR count). The zero-order valence-corrected chi connectivity index (χ0v) is 19.4. The van der Waals surface area contributed by atoms with Crippen molar-refractivity contribution in [3.05, 3.63) is 39.8 Å². The highest BCUT2D eigenvalue weighted by atomic mass is 19.3. The minimum absolute atomic E-state index is 0.0267. The molecular weight excluding hydrogens is 451 g/mol. The number of carbonyl (C=O) groups is 1. The molecule has 11 heteroatoms. The van der Waals surface area contributed by atoms with Gasteiger partial charge in [-0.05, 0) is 75.5 Å². The Kier molecular flexibility index (Phi) is 6.42. The highest BCUT2D eigenvalue weighted by Gasteiger charge is 2.41. The number of fused-ring (bicyclic) bond motifs is 1. The Labute approximate surface area is 194 Å². The van der Waals surface area contributed by atoms with Gasteiger partial charge in [-0.1, -0.05) is 11.2 Å². The van der Waals surface area contributed by atoms with Gasteiger partial charge in [-0.15, -0.1) is 0 Å². The van der Waals surface area contributed by atoms with Crippen molar-refractivity contribution in [2.45, 2.75) is 82.9 Å². The lowest BCUT2D eigenvalue weighted by molar-refractivity contribution is -0.0509. The van der Waals surface area contributed by atoms with Gasteiger partial charge < -0.3 is 14.5 Å². The van der Waals surface area contributed by atoms with Crippen molar-refractivity contribution in [1.82, 2.24) is 10.3 Å². The van der Waals surface area contributed by atoms with Crippen LogP contribution in [0.15, 0.2) is 21.7 Å². The van der Waals surface area contributed by atoms with Crippen LogP contribution in [0.3, 0.4) is 0 Å². The van der Waals surface area contributed by atoms with Crippen LogP contribution in [0.4, 0.5) is 18.0 Å². The number of oxazole rings is 1. The van der Waals surface area contributed by atoms with E-state index in [9.17, 15) is 13.6 Å². The normalized spacial score (nSPS) is 20.4. The molecule has 0 radical (unpaired) electrons. The molecule has 1 heterocycles. The molecule has 1 unspecified atom stereocenters. The van der Waals surface area contributed by atoms with Crippen molar-refractivity contribution in [2.24, 2.45) is 17.0 Å². The number of hydrogen-bond donors (Lipinski definition) is 1. The molecule has 1 aromatic heterocycles. The molecule has 2 aliphatic carbocycles. The first-order chi connectivity index (χ1) is 16.0. The number of azide groups is 1. The van der Waals surface area contributed by atoms with Crippen molar-refractivity contribution in [2.75, 3.05) is 0 Å². The number of benzene rings is 1. The lowest BCUT2D eigenvalue weighted by Crippen LogP contribution is -2.40. The molecule has 0 saturated heterocycles. The number of alkyl carbamates (subject to hydrolysis) is 1. The van der Waals surface area contributed by atoms with E-state index in [1.54, 1.807) is 26.8 Å². The molecule has 2 aliphatic rings. The van der Waals surface area contributed by atoms with E-state index in [2.05, 4.69) is 20.3 Å². The van der Waals surface area contributed by atoms with Crippen LogP contribution in [0.5, 0.6) is 0 Å². The van der Waals surface area contributed by atoms with E-state index < -0.39 is 35.5 Å². The number of aromatic nitrogens is 1. The van der Waals surface area contributed by atoms with Crippen LogP contribution in [0, 0.1) is 17.7 Å². The zero-order valence-electron chi connectivity index (χ0n) is 19.4. The van der Waals surface area contributed by atoms with Gasteiger partial charge in [-0.2, -0.15) is 0 Å². The summed E-state index contributed by atoms with van der Waals surface area (Å²) in [5.74, 6) is -3.68. The number of alkyl halides is 2. The molecule has 8 nitrogen and oxygen atoms in total. The van der Waals surface area contributed by atoms with Crippen molar-refractivity contribution in [1.29, 1.82) is 0 Å². The van der Waals surface area contributed by atoms with Crippen LogP contribution in [-0.2, 0) is 4.74 Å². The highest BCUT2D eigenvalue weighted by molar-refractivity contribution is 5.75. The lowest BCUT2D eigenvalue weighted by Gasteiger charge is -2.33. The molecule has 1 N–H and O–H groups in total. The van der Waals surface area contributed by atoms with E-state index in [-0.39, 0.29) is 60.1 Å². The zero-order chi connectivity index (χ0) is 24.7. The minimum Gasteiger partial charge on any atom is -0.444 e. The second kappa shape index (κ2) is 9.02. The number of hydrogen-bond acceptors (Lipinski definition) is 5. The maximum absolute atomic E-state index is 15.4. The van der Waals surface area contributed by atoms with E-state index in [4.69, 9.17) is 14.7 Å². The third-order valence-corrected chi connectivity index (χ3v) is 6.28. The number of nitrogens with zero attached hydrogens (tertiary/aromatic N) is 4. The standard InChI is InChI=1S/C23H28F3N5O3/c1-22(2,3)34-21(32)29-18(13-8-10-23(25,26)11-9-13)20-28-19-15(33-20)7-6-14(16(19)24)17(30-31-27)12-4-5-12/h6-7,12-13,17-18H,4-5,8-11H2,1-3H3,(H,29,32)/t17?,18-/m0/s1. The van der Waals surface area contributed by atoms with Gasteiger partial charge >= 0.3 is 6.09 Å². The number of halogens is 3. The summed E-state index contributed by atoms with van der Waals surface area (Å²) in [7, 11) is 0. The van der Waals surface area contributed by atoms with E-state index in [1.807, 2.05) is 0 Å². The predicted octanol–water partition coefficient (Wildman–Crippen LogP) is 7.12.